The van der Waals surface area contributed by atoms with E-state index in [2.05, 4.69) is 6.58 Å². The van der Waals surface area contributed by atoms with Crippen molar-refractivity contribution in [2.45, 2.75) is 38.4 Å². The number of rotatable bonds is 4. The molecule has 1 heterocycles. The highest BCUT2D eigenvalue weighted by Gasteiger charge is 2.26. The second kappa shape index (κ2) is 7.41. The van der Waals surface area contributed by atoms with Crippen LogP contribution in [0, 0.1) is 0 Å². The van der Waals surface area contributed by atoms with Crippen molar-refractivity contribution in [3.05, 3.63) is 84.6 Å². The second-order valence-electron chi connectivity index (χ2n) is 7.57. The highest BCUT2D eigenvalue weighted by atomic mass is 16.6. The Labute approximate surface area is 159 Å². The van der Waals surface area contributed by atoms with E-state index in [1.165, 1.54) is 4.57 Å². The van der Waals surface area contributed by atoms with Gasteiger partial charge in [0.25, 0.3) is 0 Å². The maximum atomic E-state index is 12.7. The normalized spacial score (nSPS) is 13.9. The summed E-state index contributed by atoms with van der Waals surface area (Å²) in [5.41, 5.74) is 1.79. The lowest BCUT2D eigenvalue weighted by atomic mass is 9.89. The molecule has 1 N–H and O–H groups in total. The van der Waals surface area contributed by atoms with Crippen molar-refractivity contribution in [3.8, 4) is 0 Å². The molecule has 27 heavy (non-hydrogen) atoms. The molecule has 0 bridgehead atoms. The summed E-state index contributed by atoms with van der Waals surface area (Å²) in [6.45, 7) is 9.43. The number of carbonyl (C=O) groups excluding carboxylic acids is 1. The first-order valence-corrected chi connectivity index (χ1v) is 9.00. The van der Waals surface area contributed by atoms with Crippen LogP contribution in [0.15, 0.2) is 73.4 Å². The zero-order valence-corrected chi connectivity index (χ0v) is 15.9. The van der Waals surface area contributed by atoms with E-state index in [9.17, 15) is 9.90 Å². The monoisotopic (exact) mass is 363 g/mol. The number of hydrogen-bond donors (Lipinski definition) is 1. The molecule has 0 amide bonds. The molecule has 0 saturated heterocycles. The molecule has 0 aliphatic rings. The van der Waals surface area contributed by atoms with Gasteiger partial charge in [0.15, 0.2) is 0 Å². The van der Waals surface area contributed by atoms with Crippen LogP contribution >= 0.6 is 0 Å². The van der Waals surface area contributed by atoms with Gasteiger partial charge < -0.3 is 9.84 Å². The molecular formula is C23H25NO3. The van der Waals surface area contributed by atoms with Gasteiger partial charge in [-0.05, 0) is 38.0 Å². The third-order valence-corrected chi connectivity index (χ3v) is 4.43. The highest BCUT2D eigenvalue weighted by Crippen LogP contribution is 2.37. The van der Waals surface area contributed by atoms with Gasteiger partial charge in [0.05, 0.1) is 11.6 Å². The van der Waals surface area contributed by atoms with Crippen LogP contribution in [0.2, 0.25) is 0 Å². The first-order valence-electron chi connectivity index (χ1n) is 9.00. The number of hydrogen-bond acceptors (Lipinski definition) is 3. The Morgan fingerprint density at radius 3 is 2.37 bits per heavy atom. The molecule has 0 fully saturated rings. The minimum absolute atomic E-state index is 0.360. The fraction of sp³-hybridized carbons (Fsp3) is 0.261. The number of benzene rings is 2. The quantitative estimate of drug-likeness (QED) is 0.629. The summed E-state index contributed by atoms with van der Waals surface area (Å²) in [6, 6.07) is 17.1. The summed E-state index contributed by atoms with van der Waals surface area (Å²) in [7, 11) is 0. The molecule has 0 unspecified atom stereocenters. The maximum absolute atomic E-state index is 12.7. The summed E-state index contributed by atoms with van der Waals surface area (Å²) < 4.78 is 7.04. The van der Waals surface area contributed by atoms with E-state index < -0.39 is 17.8 Å². The highest BCUT2D eigenvalue weighted by molar-refractivity contribution is 5.92. The van der Waals surface area contributed by atoms with E-state index in [1.807, 2.05) is 75.4 Å². The Morgan fingerprint density at radius 2 is 1.74 bits per heavy atom. The fourth-order valence-corrected chi connectivity index (χ4v) is 3.22. The first-order chi connectivity index (χ1) is 12.8. The van der Waals surface area contributed by atoms with E-state index in [0.29, 0.717) is 0 Å². The summed E-state index contributed by atoms with van der Waals surface area (Å²) in [5, 5.41) is 11.8. The number of aliphatic hydroxyl groups is 1. The molecule has 0 radical (unpaired) electrons. The second-order valence-corrected chi connectivity index (χ2v) is 7.57. The van der Waals surface area contributed by atoms with Crippen molar-refractivity contribution in [2.24, 2.45) is 0 Å². The zero-order chi connectivity index (χ0) is 19.6. The van der Waals surface area contributed by atoms with Gasteiger partial charge >= 0.3 is 6.09 Å². The molecule has 3 rings (SSSR count). The minimum atomic E-state index is -0.762. The fourth-order valence-electron chi connectivity index (χ4n) is 3.22. The largest absolute Gasteiger partial charge is 0.443 e. The van der Waals surface area contributed by atoms with Crippen molar-refractivity contribution >= 4 is 17.0 Å². The van der Waals surface area contributed by atoms with Crippen LogP contribution in [-0.4, -0.2) is 21.4 Å². The molecule has 1 aromatic heterocycles. The maximum Gasteiger partial charge on any atom is 0.419 e. The van der Waals surface area contributed by atoms with Gasteiger partial charge in [-0.2, -0.15) is 0 Å². The van der Waals surface area contributed by atoms with Gasteiger partial charge in [0.2, 0.25) is 0 Å². The van der Waals surface area contributed by atoms with Crippen LogP contribution in [0.5, 0.6) is 0 Å². The Kier molecular flexibility index (Phi) is 5.19. The molecule has 0 aliphatic carbocycles. The summed E-state index contributed by atoms with van der Waals surface area (Å²) >= 11 is 0. The predicted octanol–water partition coefficient (Wildman–Crippen LogP) is 5.43. The van der Waals surface area contributed by atoms with Crippen LogP contribution in [0.25, 0.3) is 10.9 Å². The number of aliphatic hydroxyl groups excluding tert-OH is 1. The van der Waals surface area contributed by atoms with E-state index >= 15 is 0 Å². The van der Waals surface area contributed by atoms with E-state index in [0.717, 1.165) is 22.0 Å². The van der Waals surface area contributed by atoms with Crippen LogP contribution in [0.4, 0.5) is 4.79 Å². The lowest BCUT2D eigenvalue weighted by Gasteiger charge is -2.20. The van der Waals surface area contributed by atoms with E-state index in [-0.39, 0.29) is 5.92 Å². The Bertz CT molecular complexity index is 951. The van der Waals surface area contributed by atoms with Crippen molar-refractivity contribution in [1.82, 2.24) is 4.57 Å². The molecule has 0 spiro atoms. The molecule has 4 heteroatoms. The van der Waals surface area contributed by atoms with Gasteiger partial charge in [0.1, 0.15) is 5.60 Å². The number of carbonyl (C=O) groups is 1. The number of aromatic nitrogens is 1. The molecule has 2 atom stereocenters. The average molecular weight is 363 g/mol. The third-order valence-electron chi connectivity index (χ3n) is 4.43. The SMILES string of the molecule is C=C[C@H](c1cn(C(=O)OC(C)(C)C)c2ccccc12)[C@H](O)c1ccccc1. The topological polar surface area (TPSA) is 51.5 Å². The van der Waals surface area contributed by atoms with Crippen LogP contribution in [0.1, 0.15) is 43.9 Å². The van der Waals surface area contributed by atoms with Crippen molar-refractivity contribution in [3.63, 3.8) is 0 Å². The van der Waals surface area contributed by atoms with Crippen LogP contribution in [-0.2, 0) is 4.74 Å². The third kappa shape index (κ3) is 3.96. The molecule has 2 aromatic carbocycles. The average Bonchev–Trinajstić information content (AvgIpc) is 3.01. The Balaban J connectivity index is 2.08. The van der Waals surface area contributed by atoms with Crippen LogP contribution in [0.3, 0.4) is 0 Å². The smallest absolute Gasteiger partial charge is 0.419 e. The lowest BCUT2D eigenvalue weighted by Crippen LogP contribution is -2.26. The molecule has 140 valence electrons. The number of ether oxygens (including phenoxy) is 1. The molecule has 4 nitrogen and oxygen atoms in total. The van der Waals surface area contributed by atoms with Gasteiger partial charge in [-0.15, -0.1) is 6.58 Å². The van der Waals surface area contributed by atoms with Gasteiger partial charge in [-0.25, -0.2) is 4.79 Å². The minimum Gasteiger partial charge on any atom is -0.443 e. The van der Waals surface area contributed by atoms with Crippen molar-refractivity contribution in [2.75, 3.05) is 0 Å². The molecular weight excluding hydrogens is 338 g/mol. The predicted molar refractivity (Wildman–Crippen MR) is 108 cm³/mol. The molecule has 3 aromatic rings. The molecule has 0 aliphatic heterocycles. The van der Waals surface area contributed by atoms with Gasteiger partial charge in [-0.1, -0.05) is 54.6 Å². The first kappa shape index (κ1) is 18.9. The van der Waals surface area contributed by atoms with Crippen LogP contribution < -0.4 is 0 Å². The van der Waals surface area contributed by atoms with Crippen molar-refractivity contribution < 1.29 is 14.6 Å². The summed E-state index contributed by atoms with van der Waals surface area (Å²) in [4.78, 5) is 12.7. The summed E-state index contributed by atoms with van der Waals surface area (Å²) in [6.07, 6.45) is 2.26. The molecule has 0 saturated carbocycles. The Hall–Kier alpha value is -2.85. The standard InChI is InChI=1S/C23H25NO3/c1-5-17(21(25)16-11-7-6-8-12-16)19-15-24(22(26)27-23(2,3)4)20-14-10-9-13-18(19)20/h5-15,17,21,25H,1H2,2-4H3/t17-,21-/m1/s1. The summed E-state index contributed by atoms with van der Waals surface area (Å²) in [5.74, 6) is -0.360. The van der Waals surface area contributed by atoms with Crippen molar-refractivity contribution in [1.29, 1.82) is 0 Å². The van der Waals surface area contributed by atoms with E-state index in [1.54, 1.807) is 12.3 Å². The Morgan fingerprint density at radius 1 is 1.11 bits per heavy atom. The lowest BCUT2D eigenvalue weighted by molar-refractivity contribution is 0.0544. The van der Waals surface area contributed by atoms with Gasteiger partial charge in [0, 0.05) is 17.5 Å². The number of para-hydroxylation sites is 1. The zero-order valence-electron chi connectivity index (χ0n) is 15.9. The van der Waals surface area contributed by atoms with Gasteiger partial charge in [-0.3, -0.25) is 4.57 Å². The van der Waals surface area contributed by atoms with E-state index in [4.69, 9.17) is 4.74 Å². The number of nitrogens with zero attached hydrogens (tertiary/aromatic N) is 1. The number of fused-ring (bicyclic) bond motifs is 1.